The van der Waals surface area contributed by atoms with Crippen molar-refractivity contribution in [2.75, 3.05) is 0 Å². The van der Waals surface area contributed by atoms with Gasteiger partial charge in [-0.15, -0.1) is 0 Å². The fraction of sp³-hybridized carbons (Fsp3) is 0.0769. The maximum absolute atomic E-state index is 7.11. The molecule has 0 heterocycles. The van der Waals surface area contributed by atoms with Crippen molar-refractivity contribution in [3.05, 3.63) is 144 Å². The Kier molecular flexibility index (Phi) is 5.34. The van der Waals surface area contributed by atoms with Crippen molar-refractivity contribution in [1.82, 2.24) is 5.32 Å². The molecule has 0 aromatic heterocycles. The summed E-state index contributed by atoms with van der Waals surface area (Å²) in [6, 6.07) is 41.3. The minimum Gasteiger partial charge on any atom is -0.306 e. The predicted octanol–water partition coefficient (Wildman–Crippen LogP) is 5.23. The number of hydrogen-bond donors (Lipinski definition) is 2. The maximum atomic E-state index is 7.11. The largest absolute Gasteiger partial charge is 0.306 e. The van der Waals surface area contributed by atoms with Gasteiger partial charge in [0.2, 0.25) is 0 Å². The monoisotopic (exact) mass is 364 g/mol. The molecule has 2 nitrogen and oxygen atoms in total. The van der Waals surface area contributed by atoms with Crippen LogP contribution in [0.2, 0.25) is 0 Å². The molecule has 0 amide bonds. The van der Waals surface area contributed by atoms with Crippen LogP contribution >= 0.6 is 0 Å². The lowest BCUT2D eigenvalue weighted by Gasteiger charge is -2.36. The molecular formula is C26H24N2. The van der Waals surface area contributed by atoms with E-state index in [1.54, 1.807) is 0 Å². The summed E-state index contributed by atoms with van der Waals surface area (Å²) in [6.45, 7) is 0. The molecule has 3 N–H and O–H groups in total. The summed E-state index contributed by atoms with van der Waals surface area (Å²) in [5.41, 5.74) is 10.7. The molecule has 138 valence electrons. The van der Waals surface area contributed by atoms with Crippen molar-refractivity contribution in [2.24, 2.45) is 5.73 Å². The van der Waals surface area contributed by atoms with Gasteiger partial charge in [-0.25, -0.2) is 0 Å². The molecule has 4 rings (SSSR count). The van der Waals surface area contributed by atoms with Gasteiger partial charge in [0.15, 0.2) is 0 Å². The lowest BCUT2D eigenvalue weighted by atomic mass is 9.88. The highest BCUT2D eigenvalue weighted by Crippen LogP contribution is 2.31. The van der Waals surface area contributed by atoms with E-state index in [0.717, 1.165) is 11.1 Å². The van der Waals surface area contributed by atoms with E-state index in [2.05, 4.69) is 78.1 Å². The van der Waals surface area contributed by atoms with Gasteiger partial charge in [-0.1, -0.05) is 121 Å². The summed E-state index contributed by atoms with van der Waals surface area (Å²) < 4.78 is 0. The van der Waals surface area contributed by atoms with Crippen molar-refractivity contribution in [3.8, 4) is 0 Å². The highest BCUT2D eigenvalue weighted by atomic mass is 15.1. The fourth-order valence-corrected chi connectivity index (χ4v) is 3.61. The van der Waals surface area contributed by atoms with Gasteiger partial charge >= 0.3 is 0 Å². The zero-order valence-corrected chi connectivity index (χ0v) is 15.7. The van der Waals surface area contributed by atoms with Gasteiger partial charge in [0.05, 0.1) is 6.04 Å². The van der Waals surface area contributed by atoms with Crippen LogP contribution in [0.15, 0.2) is 121 Å². The molecule has 0 aliphatic rings. The van der Waals surface area contributed by atoms with Crippen molar-refractivity contribution in [1.29, 1.82) is 0 Å². The predicted molar refractivity (Wildman–Crippen MR) is 116 cm³/mol. The van der Waals surface area contributed by atoms with Gasteiger partial charge < -0.3 is 5.73 Å². The van der Waals surface area contributed by atoms with Crippen LogP contribution in [-0.4, -0.2) is 0 Å². The molecule has 4 aromatic carbocycles. The molecule has 0 bridgehead atoms. The molecule has 0 unspecified atom stereocenters. The number of hydrogen-bond acceptors (Lipinski definition) is 2. The number of benzene rings is 4. The van der Waals surface area contributed by atoms with Gasteiger partial charge in [-0.05, 0) is 22.3 Å². The second kappa shape index (κ2) is 8.22. The van der Waals surface area contributed by atoms with E-state index in [4.69, 9.17) is 5.73 Å². The third-order valence-electron chi connectivity index (χ3n) is 5.10. The van der Waals surface area contributed by atoms with E-state index in [0.29, 0.717) is 0 Å². The van der Waals surface area contributed by atoms with Crippen molar-refractivity contribution < 1.29 is 0 Å². The smallest absolute Gasteiger partial charge is 0.120 e. The first-order valence-corrected chi connectivity index (χ1v) is 9.55. The van der Waals surface area contributed by atoms with Crippen LogP contribution in [0.3, 0.4) is 0 Å². The summed E-state index contributed by atoms with van der Waals surface area (Å²) in [5.74, 6) is 0. The lowest BCUT2D eigenvalue weighted by molar-refractivity contribution is 0.380. The number of nitrogens with one attached hydrogen (secondary N) is 1. The van der Waals surface area contributed by atoms with Gasteiger partial charge in [0.1, 0.15) is 5.66 Å². The Morgan fingerprint density at radius 3 is 1.18 bits per heavy atom. The van der Waals surface area contributed by atoms with E-state index in [-0.39, 0.29) is 6.04 Å². The van der Waals surface area contributed by atoms with E-state index in [1.165, 1.54) is 11.1 Å². The average Bonchev–Trinajstić information content (AvgIpc) is 2.80. The van der Waals surface area contributed by atoms with Crippen molar-refractivity contribution in [2.45, 2.75) is 11.7 Å². The Bertz CT molecular complexity index is 905. The average molecular weight is 364 g/mol. The van der Waals surface area contributed by atoms with Gasteiger partial charge in [0, 0.05) is 0 Å². The molecule has 0 aliphatic carbocycles. The lowest BCUT2D eigenvalue weighted by Crippen LogP contribution is -2.53. The van der Waals surface area contributed by atoms with Crippen LogP contribution in [0.4, 0.5) is 0 Å². The summed E-state index contributed by atoms with van der Waals surface area (Å²) in [4.78, 5) is 0. The van der Waals surface area contributed by atoms with Gasteiger partial charge in [0.25, 0.3) is 0 Å². The quantitative estimate of drug-likeness (QED) is 0.460. The normalized spacial score (nSPS) is 11.5. The van der Waals surface area contributed by atoms with E-state index >= 15 is 0 Å². The van der Waals surface area contributed by atoms with E-state index < -0.39 is 5.66 Å². The first-order valence-electron chi connectivity index (χ1n) is 9.55. The Hall–Kier alpha value is -3.20. The molecule has 0 atom stereocenters. The Morgan fingerprint density at radius 2 is 0.821 bits per heavy atom. The second-order valence-electron chi connectivity index (χ2n) is 6.94. The molecule has 0 aliphatic heterocycles. The highest BCUT2D eigenvalue weighted by Gasteiger charge is 2.33. The van der Waals surface area contributed by atoms with E-state index in [9.17, 15) is 0 Å². The molecule has 0 radical (unpaired) electrons. The molecule has 0 saturated heterocycles. The van der Waals surface area contributed by atoms with Crippen LogP contribution in [0, 0.1) is 0 Å². The minimum absolute atomic E-state index is 0.0483. The molecule has 0 spiro atoms. The third-order valence-corrected chi connectivity index (χ3v) is 5.10. The Labute approximate surface area is 166 Å². The second-order valence-corrected chi connectivity index (χ2v) is 6.94. The molecule has 2 heteroatoms. The first kappa shape index (κ1) is 18.2. The van der Waals surface area contributed by atoms with Crippen LogP contribution in [-0.2, 0) is 5.66 Å². The van der Waals surface area contributed by atoms with Crippen LogP contribution < -0.4 is 11.1 Å². The summed E-state index contributed by atoms with van der Waals surface area (Å²) in [5, 5.41) is 3.77. The Morgan fingerprint density at radius 1 is 0.500 bits per heavy atom. The van der Waals surface area contributed by atoms with Gasteiger partial charge in [-0.2, -0.15) is 0 Å². The van der Waals surface area contributed by atoms with Crippen LogP contribution in [0.5, 0.6) is 0 Å². The van der Waals surface area contributed by atoms with Crippen molar-refractivity contribution >= 4 is 0 Å². The maximum Gasteiger partial charge on any atom is 0.120 e. The van der Waals surface area contributed by atoms with Crippen LogP contribution in [0.1, 0.15) is 28.3 Å². The number of rotatable bonds is 6. The van der Waals surface area contributed by atoms with Gasteiger partial charge in [-0.3, -0.25) is 5.32 Å². The highest BCUT2D eigenvalue weighted by molar-refractivity contribution is 5.40. The molecule has 4 aromatic rings. The standard InChI is InChI=1S/C26H24N2/c27-26(23-17-9-3-10-18-23,24-19-11-4-12-20-24)28-25(21-13-5-1-6-14-21)22-15-7-2-8-16-22/h1-20,25,28H,27H2. The SMILES string of the molecule is NC(NC(c1ccccc1)c1ccccc1)(c1ccccc1)c1ccccc1. The summed E-state index contributed by atoms with van der Waals surface area (Å²) in [6.07, 6.45) is 0. The summed E-state index contributed by atoms with van der Waals surface area (Å²) in [7, 11) is 0. The molecule has 0 saturated carbocycles. The molecular weight excluding hydrogens is 340 g/mol. The number of nitrogens with two attached hydrogens (primary N) is 1. The topological polar surface area (TPSA) is 38.0 Å². The van der Waals surface area contributed by atoms with E-state index in [1.807, 2.05) is 48.5 Å². The van der Waals surface area contributed by atoms with Crippen molar-refractivity contribution in [3.63, 3.8) is 0 Å². The Balaban J connectivity index is 1.84. The van der Waals surface area contributed by atoms with Crippen LogP contribution in [0.25, 0.3) is 0 Å². The molecule has 0 fully saturated rings. The minimum atomic E-state index is -0.834. The zero-order valence-electron chi connectivity index (χ0n) is 15.7. The molecule has 28 heavy (non-hydrogen) atoms. The third kappa shape index (κ3) is 3.74. The summed E-state index contributed by atoms with van der Waals surface area (Å²) >= 11 is 0. The fourth-order valence-electron chi connectivity index (χ4n) is 3.61. The first-order chi connectivity index (χ1) is 13.8. The zero-order chi connectivity index (χ0) is 19.2.